The van der Waals surface area contributed by atoms with Gasteiger partial charge >= 0.3 is 0 Å². The predicted molar refractivity (Wildman–Crippen MR) is 74.8 cm³/mol. The fourth-order valence-corrected chi connectivity index (χ4v) is 3.33. The molecule has 0 aromatic carbocycles. The lowest BCUT2D eigenvalue weighted by Crippen LogP contribution is -2.31. The smallest absolute Gasteiger partial charge is 0.203 e. The zero-order valence-electron chi connectivity index (χ0n) is 11.4. The second-order valence-electron chi connectivity index (χ2n) is 5.95. The summed E-state index contributed by atoms with van der Waals surface area (Å²) < 4.78 is 2.34. The highest BCUT2D eigenvalue weighted by Gasteiger charge is 2.28. The van der Waals surface area contributed by atoms with Crippen molar-refractivity contribution >= 4 is 5.95 Å². The molecule has 1 unspecified atom stereocenters. The van der Waals surface area contributed by atoms with Crippen LogP contribution in [0.2, 0.25) is 0 Å². The Hall–Kier alpha value is -0.990. The molecule has 0 amide bonds. The van der Waals surface area contributed by atoms with Gasteiger partial charge in [-0.2, -0.15) is 0 Å². The Morgan fingerprint density at radius 1 is 1.28 bits per heavy atom. The summed E-state index contributed by atoms with van der Waals surface area (Å²) in [7, 11) is 0. The second kappa shape index (κ2) is 5.33. The van der Waals surface area contributed by atoms with E-state index in [9.17, 15) is 0 Å². The first-order chi connectivity index (χ1) is 8.88. The quantitative estimate of drug-likeness (QED) is 0.852. The zero-order valence-corrected chi connectivity index (χ0v) is 11.4. The van der Waals surface area contributed by atoms with Gasteiger partial charge in [0.1, 0.15) is 0 Å². The summed E-state index contributed by atoms with van der Waals surface area (Å²) in [5.41, 5.74) is 0. The number of rotatable bonds is 5. The number of nitrogens with one attached hydrogen (secondary N) is 1. The van der Waals surface area contributed by atoms with Gasteiger partial charge in [0.05, 0.1) is 0 Å². The standard InChI is InChI=1S/C15H25N3/c1-2-14(12-6-4-3-5-7-12)17-15-16-10-11-18(15)13-8-9-13/h10-14H,2-9H2,1H3,(H,16,17). The Morgan fingerprint density at radius 3 is 2.72 bits per heavy atom. The summed E-state index contributed by atoms with van der Waals surface area (Å²) >= 11 is 0. The summed E-state index contributed by atoms with van der Waals surface area (Å²) in [5.74, 6) is 1.96. The average Bonchev–Trinajstić information content (AvgIpc) is 3.17. The Bertz CT molecular complexity index is 375. The molecule has 1 heterocycles. The van der Waals surface area contributed by atoms with Crippen molar-refractivity contribution in [3.8, 4) is 0 Å². The summed E-state index contributed by atoms with van der Waals surface area (Å²) in [5, 5.41) is 3.72. The molecule has 0 aliphatic heterocycles. The molecule has 3 heteroatoms. The summed E-state index contributed by atoms with van der Waals surface area (Å²) in [4.78, 5) is 4.51. The van der Waals surface area contributed by atoms with Crippen LogP contribution in [0.3, 0.4) is 0 Å². The van der Waals surface area contributed by atoms with Gasteiger partial charge in [0.15, 0.2) is 0 Å². The topological polar surface area (TPSA) is 29.9 Å². The van der Waals surface area contributed by atoms with E-state index < -0.39 is 0 Å². The van der Waals surface area contributed by atoms with E-state index in [-0.39, 0.29) is 0 Å². The molecular weight excluding hydrogens is 222 g/mol. The van der Waals surface area contributed by atoms with Gasteiger partial charge in [-0.15, -0.1) is 0 Å². The molecule has 0 bridgehead atoms. The Kier molecular flexibility index (Phi) is 3.57. The van der Waals surface area contributed by atoms with Gasteiger partial charge in [0.2, 0.25) is 5.95 Å². The van der Waals surface area contributed by atoms with Crippen LogP contribution in [0.1, 0.15) is 64.3 Å². The Morgan fingerprint density at radius 2 is 2.06 bits per heavy atom. The first-order valence-electron chi connectivity index (χ1n) is 7.68. The van der Waals surface area contributed by atoms with Crippen molar-refractivity contribution in [1.82, 2.24) is 9.55 Å². The maximum atomic E-state index is 4.51. The molecule has 2 aliphatic carbocycles. The summed E-state index contributed by atoms with van der Waals surface area (Å²) in [6.07, 6.45) is 15.0. The maximum Gasteiger partial charge on any atom is 0.203 e. The molecule has 1 N–H and O–H groups in total. The minimum atomic E-state index is 0.616. The van der Waals surface area contributed by atoms with Crippen molar-refractivity contribution in [3.05, 3.63) is 12.4 Å². The molecule has 2 saturated carbocycles. The van der Waals surface area contributed by atoms with E-state index in [0.29, 0.717) is 6.04 Å². The van der Waals surface area contributed by atoms with Gasteiger partial charge in [-0.3, -0.25) is 0 Å². The molecule has 2 fully saturated rings. The molecule has 3 nitrogen and oxygen atoms in total. The monoisotopic (exact) mass is 247 g/mol. The third-order valence-electron chi connectivity index (χ3n) is 4.58. The van der Waals surface area contributed by atoms with Gasteiger partial charge in [0.25, 0.3) is 0 Å². The van der Waals surface area contributed by atoms with Crippen LogP contribution < -0.4 is 5.32 Å². The third-order valence-corrected chi connectivity index (χ3v) is 4.58. The molecule has 1 atom stereocenters. The minimum Gasteiger partial charge on any atom is -0.353 e. The number of aromatic nitrogens is 2. The van der Waals surface area contributed by atoms with E-state index in [4.69, 9.17) is 0 Å². The van der Waals surface area contributed by atoms with Crippen molar-refractivity contribution in [2.45, 2.75) is 70.4 Å². The largest absolute Gasteiger partial charge is 0.353 e. The van der Waals surface area contributed by atoms with Gasteiger partial charge in [-0.1, -0.05) is 26.2 Å². The minimum absolute atomic E-state index is 0.616. The van der Waals surface area contributed by atoms with Crippen LogP contribution in [0.15, 0.2) is 12.4 Å². The number of imidazole rings is 1. The SMILES string of the molecule is CCC(Nc1nccn1C1CC1)C1CCCCC1. The molecule has 1 aromatic heterocycles. The lowest BCUT2D eigenvalue weighted by atomic mass is 9.83. The van der Waals surface area contributed by atoms with Gasteiger partial charge in [0, 0.05) is 24.5 Å². The maximum absolute atomic E-state index is 4.51. The van der Waals surface area contributed by atoms with E-state index in [2.05, 4.69) is 28.0 Å². The predicted octanol–water partition coefficient (Wildman–Crippen LogP) is 3.99. The number of anilines is 1. The first kappa shape index (κ1) is 12.1. The highest BCUT2D eigenvalue weighted by Crippen LogP contribution is 2.37. The fourth-order valence-electron chi connectivity index (χ4n) is 3.33. The average molecular weight is 247 g/mol. The van der Waals surface area contributed by atoms with Gasteiger partial charge in [-0.05, 0) is 38.0 Å². The third kappa shape index (κ3) is 2.55. The first-order valence-corrected chi connectivity index (χ1v) is 7.68. The number of hydrogen-bond donors (Lipinski definition) is 1. The van der Waals surface area contributed by atoms with Crippen molar-refractivity contribution in [1.29, 1.82) is 0 Å². The van der Waals surface area contributed by atoms with Crippen LogP contribution in [-0.2, 0) is 0 Å². The molecule has 0 radical (unpaired) electrons. The van der Waals surface area contributed by atoms with Crippen LogP contribution in [0.5, 0.6) is 0 Å². The Balaban J connectivity index is 1.66. The lowest BCUT2D eigenvalue weighted by Gasteiger charge is -2.30. The van der Waals surface area contributed by atoms with E-state index in [0.717, 1.165) is 17.9 Å². The fraction of sp³-hybridized carbons (Fsp3) is 0.800. The zero-order chi connectivity index (χ0) is 12.4. The lowest BCUT2D eigenvalue weighted by molar-refractivity contribution is 0.311. The van der Waals surface area contributed by atoms with Crippen LogP contribution in [0, 0.1) is 5.92 Å². The van der Waals surface area contributed by atoms with E-state index in [1.807, 2.05) is 6.20 Å². The van der Waals surface area contributed by atoms with Crippen LogP contribution >= 0.6 is 0 Å². The molecule has 1 aromatic rings. The summed E-state index contributed by atoms with van der Waals surface area (Å²) in [6.45, 7) is 2.30. The van der Waals surface area contributed by atoms with Gasteiger partial charge in [-0.25, -0.2) is 4.98 Å². The van der Waals surface area contributed by atoms with Gasteiger partial charge < -0.3 is 9.88 Å². The molecule has 100 valence electrons. The Labute approximate surface area is 110 Å². The second-order valence-corrected chi connectivity index (χ2v) is 5.95. The van der Waals surface area contributed by atoms with E-state index >= 15 is 0 Å². The van der Waals surface area contributed by atoms with E-state index in [1.165, 1.54) is 51.4 Å². The van der Waals surface area contributed by atoms with Crippen molar-refractivity contribution in [2.75, 3.05) is 5.32 Å². The summed E-state index contributed by atoms with van der Waals surface area (Å²) in [6, 6.07) is 1.34. The highest BCUT2D eigenvalue weighted by molar-refractivity contribution is 5.29. The molecule has 2 aliphatic rings. The molecule has 0 spiro atoms. The normalized spacial score (nSPS) is 22.9. The van der Waals surface area contributed by atoms with Crippen LogP contribution in [0.25, 0.3) is 0 Å². The molecule has 3 rings (SSSR count). The molecule has 18 heavy (non-hydrogen) atoms. The molecule has 0 saturated heterocycles. The van der Waals surface area contributed by atoms with Crippen molar-refractivity contribution in [2.24, 2.45) is 5.92 Å². The number of hydrogen-bond acceptors (Lipinski definition) is 2. The van der Waals surface area contributed by atoms with Crippen molar-refractivity contribution < 1.29 is 0 Å². The molecular formula is C15H25N3. The van der Waals surface area contributed by atoms with Crippen molar-refractivity contribution in [3.63, 3.8) is 0 Å². The van der Waals surface area contributed by atoms with Crippen LogP contribution in [-0.4, -0.2) is 15.6 Å². The number of nitrogens with zero attached hydrogens (tertiary/aromatic N) is 2. The highest BCUT2D eigenvalue weighted by atomic mass is 15.2. The van der Waals surface area contributed by atoms with Crippen LogP contribution in [0.4, 0.5) is 5.95 Å². The van der Waals surface area contributed by atoms with E-state index in [1.54, 1.807) is 0 Å².